The first-order valence-corrected chi connectivity index (χ1v) is 19.8. The van der Waals surface area contributed by atoms with Gasteiger partial charge in [-0.25, -0.2) is 26.9 Å². The van der Waals surface area contributed by atoms with Gasteiger partial charge in [0.05, 0.1) is 35.0 Å². The summed E-state index contributed by atoms with van der Waals surface area (Å²) < 4.78 is 71.8. The van der Waals surface area contributed by atoms with Crippen molar-refractivity contribution in [3.8, 4) is 22.9 Å². The predicted molar refractivity (Wildman–Crippen MR) is 195 cm³/mol. The van der Waals surface area contributed by atoms with Gasteiger partial charge in [0.15, 0.2) is 33.1 Å². The van der Waals surface area contributed by atoms with E-state index in [-0.39, 0.29) is 58.1 Å². The first-order valence-electron chi connectivity index (χ1n) is 17.9. The number of carbonyl (C=O) groups excluding carboxylic acids is 1. The zero-order valence-corrected chi connectivity index (χ0v) is 30.8. The lowest BCUT2D eigenvalue weighted by Gasteiger charge is -2.29. The Bertz CT molecular complexity index is 2260. The van der Waals surface area contributed by atoms with Gasteiger partial charge in [-0.15, -0.1) is 0 Å². The largest absolute Gasteiger partial charge is 0.466 e. The van der Waals surface area contributed by atoms with Gasteiger partial charge in [0, 0.05) is 35.8 Å². The lowest BCUT2D eigenvalue weighted by Crippen LogP contribution is -2.27. The molecular weight excluding hydrogens is 687 g/mol. The van der Waals surface area contributed by atoms with E-state index in [0.717, 1.165) is 24.0 Å². The summed E-state index contributed by atoms with van der Waals surface area (Å²) in [7, 11) is -1.82. The van der Waals surface area contributed by atoms with E-state index in [4.69, 9.17) is 19.6 Å². The summed E-state index contributed by atoms with van der Waals surface area (Å²) >= 11 is 0. The highest BCUT2D eigenvalue weighted by Crippen LogP contribution is 2.52. The number of benzene rings is 3. The minimum atomic E-state index is -3.53. The number of esters is 1. The predicted octanol–water partition coefficient (Wildman–Crippen LogP) is 8.00. The monoisotopic (exact) mass is 730 g/mol. The number of nitrogens with zero attached hydrogens (tertiary/aromatic N) is 3. The van der Waals surface area contributed by atoms with Crippen molar-refractivity contribution in [3.63, 3.8) is 0 Å². The number of hydrogen-bond acceptors (Lipinski definition) is 7. The number of rotatable bonds is 5. The molecule has 7 rings (SSSR count). The maximum atomic E-state index is 15.7. The van der Waals surface area contributed by atoms with E-state index < -0.39 is 26.9 Å². The molecule has 1 aliphatic carbocycles. The second kappa shape index (κ2) is 13.8. The number of ether oxygens (including phenoxy) is 2. The van der Waals surface area contributed by atoms with E-state index in [0.29, 0.717) is 54.6 Å². The van der Waals surface area contributed by atoms with Crippen molar-refractivity contribution in [2.24, 2.45) is 18.4 Å². The van der Waals surface area contributed by atoms with Crippen LogP contribution in [0.2, 0.25) is 0 Å². The molecule has 52 heavy (non-hydrogen) atoms. The Labute approximate surface area is 302 Å². The smallest absolute Gasteiger partial charge is 0.308 e. The van der Waals surface area contributed by atoms with Gasteiger partial charge in [0.25, 0.3) is 0 Å². The van der Waals surface area contributed by atoms with Crippen LogP contribution in [0.25, 0.3) is 22.3 Å². The van der Waals surface area contributed by atoms with Crippen molar-refractivity contribution in [3.05, 3.63) is 94.9 Å². The van der Waals surface area contributed by atoms with E-state index in [1.807, 2.05) is 25.1 Å². The summed E-state index contributed by atoms with van der Waals surface area (Å²) in [5.74, 6) is -1.05. The normalized spacial score (nSPS) is 20.3. The van der Waals surface area contributed by atoms with Gasteiger partial charge >= 0.3 is 5.97 Å². The maximum Gasteiger partial charge on any atom is 0.308 e. The number of halogens is 2. The number of carbonyl (C=O) groups is 1. The molecule has 0 radical (unpaired) electrons. The number of H-pyrrole nitrogens is 1. The average Bonchev–Trinajstić information content (AvgIpc) is 3.47. The fourth-order valence-corrected chi connectivity index (χ4v) is 9.72. The summed E-state index contributed by atoms with van der Waals surface area (Å²) in [6, 6.07) is 15.3. The van der Waals surface area contributed by atoms with Crippen LogP contribution in [0.3, 0.4) is 0 Å². The molecule has 4 bridgehead atoms. The van der Waals surface area contributed by atoms with Crippen LogP contribution in [0.4, 0.5) is 8.78 Å². The molecule has 2 aromatic heterocycles. The molecular formula is C40H44F2N4O5S. The maximum absolute atomic E-state index is 15.7. The zero-order valence-electron chi connectivity index (χ0n) is 30.0. The zero-order chi connectivity index (χ0) is 36.8. The molecule has 1 spiro atoms. The van der Waals surface area contributed by atoms with Crippen molar-refractivity contribution >= 4 is 26.7 Å². The Hall–Kier alpha value is -4.58. The number of hydrogen-bond donors (Lipinski definition) is 1. The summed E-state index contributed by atoms with van der Waals surface area (Å²) in [4.78, 5) is 20.4. The van der Waals surface area contributed by atoms with Crippen LogP contribution in [0.1, 0.15) is 75.4 Å². The second-order valence-corrected chi connectivity index (χ2v) is 17.0. The van der Waals surface area contributed by atoms with Gasteiger partial charge in [0.1, 0.15) is 11.6 Å². The number of aromatic nitrogens is 4. The lowest BCUT2D eigenvalue weighted by atomic mass is 9.76. The Morgan fingerprint density at radius 1 is 1.08 bits per heavy atom. The molecule has 5 aromatic rings. The van der Waals surface area contributed by atoms with Crippen molar-refractivity contribution < 1.29 is 31.5 Å². The van der Waals surface area contributed by atoms with Gasteiger partial charge in [-0.3, -0.25) is 4.79 Å². The topological polar surface area (TPSA) is 116 Å². The van der Waals surface area contributed by atoms with Crippen LogP contribution < -0.4 is 4.74 Å². The molecule has 3 aromatic carbocycles. The molecule has 1 aliphatic heterocycles. The highest BCUT2D eigenvalue weighted by molar-refractivity contribution is 7.91. The number of aryl methyl sites for hydroxylation is 2. The van der Waals surface area contributed by atoms with E-state index in [1.54, 1.807) is 30.9 Å². The molecule has 1 fully saturated rings. The number of aromatic amines is 1. The molecule has 0 amide bonds. The van der Waals surface area contributed by atoms with Gasteiger partial charge in [-0.1, -0.05) is 37.6 Å². The van der Waals surface area contributed by atoms with Crippen LogP contribution in [0, 0.1) is 23.0 Å². The van der Waals surface area contributed by atoms with Crippen molar-refractivity contribution in [1.82, 2.24) is 19.7 Å². The SMILES string of the molecule is CCOC(=O)C(C)Cc1cccc([C@@]2(C)CCCC3(CC3)CS(=O)(=O)CCc3c(c(F)cc4[nH]ccc34)Oc3ccc(F)c(c3)-c3nc2nn3C)c1. The summed E-state index contributed by atoms with van der Waals surface area (Å²) in [5, 5.41) is 5.52. The third-order valence-electron chi connectivity index (χ3n) is 10.8. The Morgan fingerprint density at radius 2 is 1.88 bits per heavy atom. The Kier molecular flexibility index (Phi) is 9.48. The average molecular weight is 731 g/mol. The quantitative estimate of drug-likeness (QED) is 0.182. The minimum Gasteiger partial charge on any atom is -0.466 e. The molecule has 1 saturated carbocycles. The van der Waals surface area contributed by atoms with E-state index >= 15 is 8.78 Å². The summed E-state index contributed by atoms with van der Waals surface area (Å²) in [5.41, 5.74) is 1.93. The molecule has 3 heterocycles. The third-order valence-corrected chi connectivity index (χ3v) is 12.7. The molecule has 9 nitrogen and oxygen atoms in total. The first-order chi connectivity index (χ1) is 24.8. The molecule has 2 aliphatic rings. The Balaban J connectivity index is 1.33. The van der Waals surface area contributed by atoms with Gasteiger partial charge < -0.3 is 14.5 Å². The van der Waals surface area contributed by atoms with Crippen molar-refractivity contribution in [2.75, 3.05) is 18.1 Å². The molecule has 12 heteroatoms. The Morgan fingerprint density at radius 3 is 2.65 bits per heavy atom. The molecule has 274 valence electrons. The second-order valence-electron chi connectivity index (χ2n) is 14.8. The van der Waals surface area contributed by atoms with Crippen LogP contribution in [-0.2, 0) is 44.7 Å². The third kappa shape index (κ3) is 7.09. The number of fused-ring (bicyclic) bond motifs is 8. The lowest BCUT2D eigenvalue weighted by molar-refractivity contribution is -0.147. The first kappa shape index (κ1) is 35.8. The minimum absolute atomic E-state index is 0.0593. The fourth-order valence-electron chi connectivity index (χ4n) is 7.70. The van der Waals surface area contributed by atoms with Gasteiger partial charge in [-0.2, -0.15) is 5.10 Å². The molecule has 1 unspecified atom stereocenters. The van der Waals surface area contributed by atoms with E-state index in [1.165, 1.54) is 24.3 Å². The molecule has 2 atom stereocenters. The van der Waals surface area contributed by atoms with Crippen LogP contribution >= 0.6 is 0 Å². The summed E-state index contributed by atoms with van der Waals surface area (Å²) in [6.07, 6.45) is 5.89. The number of sulfone groups is 1. The summed E-state index contributed by atoms with van der Waals surface area (Å²) in [6.45, 7) is 6.01. The van der Waals surface area contributed by atoms with Crippen molar-refractivity contribution in [1.29, 1.82) is 0 Å². The van der Waals surface area contributed by atoms with Crippen LogP contribution in [0.15, 0.2) is 60.8 Å². The molecule has 0 saturated heterocycles. The van der Waals surface area contributed by atoms with Gasteiger partial charge in [-0.05, 0) is 93.2 Å². The molecule has 1 N–H and O–H groups in total. The fraction of sp³-hybridized carbons (Fsp3) is 0.425. The van der Waals surface area contributed by atoms with Crippen LogP contribution in [-0.4, -0.2) is 52.2 Å². The highest BCUT2D eigenvalue weighted by atomic mass is 32.2. The van der Waals surface area contributed by atoms with Gasteiger partial charge in [0.2, 0.25) is 0 Å². The highest BCUT2D eigenvalue weighted by Gasteiger charge is 2.46. The van der Waals surface area contributed by atoms with Crippen LogP contribution in [0.5, 0.6) is 11.5 Å². The van der Waals surface area contributed by atoms with Crippen molar-refractivity contribution in [2.45, 2.75) is 71.1 Å². The number of nitrogens with one attached hydrogen (secondary N) is 1. The van der Waals surface area contributed by atoms with E-state index in [2.05, 4.69) is 18.0 Å². The van der Waals surface area contributed by atoms with E-state index in [9.17, 15) is 13.2 Å². The standard InChI is InChI=1S/C40H44F2N4O5S/c1-5-50-37(47)25(2)20-26-8-6-9-27(21-26)39(3)14-7-15-40(16-17-40)24-52(48,49)19-13-30-29-12-18-43-34(29)23-33(42)35(30)51-28-10-11-32(41)31(22-28)36-44-38(39)45-46(36)4/h6,8-12,18,21-23,25,43H,5,7,13-17,19-20,24H2,1-4H3/t25?,39-/m1/s1.